The summed E-state index contributed by atoms with van der Waals surface area (Å²) < 4.78 is 16.5. The molecule has 3 rings (SSSR count). The van der Waals surface area contributed by atoms with Gasteiger partial charge in [-0.15, -0.1) is 0 Å². The highest BCUT2D eigenvalue weighted by atomic mass is 16.6. The minimum Gasteiger partial charge on any atom is -0.486 e. The molecule has 0 bridgehead atoms. The van der Waals surface area contributed by atoms with Crippen LogP contribution in [0.2, 0.25) is 0 Å². The van der Waals surface area contributed by atoms with Gasteiger partial charge in [-0.1, -0.05) is 42.5 Å². The van der Waals surface area contributed by atoms with Crippen molar-refractivity contribution in [2.24, 2.45) is 0 Å². The van der Waals surface area contributed by atoms with Gasteiger partial charge in [-0.3, -0.25) is 4.79 Å². The SMILES string of the molecule is CC(NC(=O)OCc1ccccc1)C(=O)NCC1COc2ccccc2O1. The quantitative estimate of drug-likeness (QED) is 0.815. The molecule has 0 saturated carbocycles. The lowest BCUT2D eigenvalue weighted by Gasteiger charge is -2.27. The molecule has 0 fully saturated rings. The number of fused-ring (bicyclic) bond motifs is 1. The van der Waals surface area contributed by atoms with Crippen LogP contribution in [0.25, 0.3) is 0 Å². The fourth-order valence-electron chi connectivity index (χ4n) is 2.54. The Labute approximate surface area is 157 Å². The molecule has 1 heterocycles. The minimum absolute atomic E-state index is 0.147. The van der Waals surface area contributed by atoms with Crippen molar-refractivity contribution in [3.8, 4) is 11.5 Å². The zero-order valence-corrected chi connectivity index (χ0v) is 15.0. The molecular weight excluding hydrogens is 348 g/mol. The van der Waals surface area contributed by atoms with Gasteiger partial charge in [-0.25, -0.2) is 4.79 Å². The summed E-state index contributed by atoms with van der Waals surface area (Å²) in [6.07, 6.45) is -0.936. The Morgan fingerprint density at radius 2 is 1.81 bits per heavy atom. The van der Waals surface area contributed by atoms with Gasteiger partial charge in [0.25, 0.3) is 0 Å². The van der Waals surface area contributed by atoms with Crippen LogP contribution in [0.1, 0.15) is 12.5 Å². The number of hydrogen-bond donors (Lipinski definition) is 2. The summed E-state index contributed by atoms with van der Waals surface area (Å²) in [4.78, 5) is 24.0. The minimum atomic E-state index is -0.731. The van der Waals surface area contributed by atoms with E-state index in [4.69, 9.17) is 14.2 Å². The van der Waals surface area contributed by atoms with Gasteiger partial charge in [0.05, 0.1) is 6.54 Å². The second kappa shape index (κ2) is 8.93. The number of benzene rings is 2. The Bertz CT molecular complexity index is 781. The second-order valence-corrected chi connectivity index (χ2v) is 6.17. The molecule has 0 radical (unpaired) electrons. The van der Waals surface area contributed by atoms with E-state index < -0.39 is 12.1 Å². The molecule has 142 valence electrons. The molecule has 27 heavy (non-hydrogen) atoms. The summed E-state index contributed by atoms with van der Waals surface area (Å²) in [6, 6.07) is 16.0. The summed E-state index contributed by atoms with van der Waals surface area (Å²) in [5, 5.41) is 5.26. The van der Waals surface area contributed by atoms with Crippen molar-refractivity contribution in [1.29, 1.82) is 0 Å². The van der Waals surface area contributed by atoms with Gasteiger partial charge < -0.3 is 24.8 Å². The smallest absolute Gasteiger partial charge is 0.408 e. The lowest BCUT2D eigenvalue weighted by molar-refractivity contribution is -0.123. The monoisotopic (exact) mass is 370 g/mol. The summed E-state index contributed by atoms with van der Waals surface area (Å²) in [5.74, 6) is 1.02. The normalized spacial score (nSPS) is 16.1. The van der Waals surface area contributed by atoms with Gasteiger partial charge >= 0.3 is 6.09 Å². The van der Waals surface area contributed by atoms with Crippen molar-refractivity contribution in [1.82, 2.24) is 10.6 Å². The van der Waals surface area contributed by atoms with E-state index in [1.54, 1.807) is 6.92 Å². The molecule has 2 aromatic carbocycles. The van der Waals surface area contributed by atoms with Crippen molar-refractivity contribution in [3.05, 3.63) is 60.2 Å². The van der Waals surface area contributed by atoms with Gasteiger partial charge in [0.2, 0.25) is 5.91 Å². The second-order valence-electron chi connectivity index (χ2n) is 6.17. The molecular formula is C20H22N2O5. The summed E-state index contributed by atoms with van der Waals surface area (Å²) in [5.41, 5.74) is 0.875. The highest BCUT2D eigenvalue weighted by Crippen LogP contribution is 2.30. The van der Waals surface area contributed by atoms with Crippen LogP contribution in [0.3, 0.4) is 0 Å². The van der Waals surface area contributed by atoms with Crippen molar-refractivity contribution in [2.75, 3.05) is 13.2 Å². The van der Waals surface area contributed by atoms with Gasteiger partial charge in [0, 0.05) is 0 Å². The Hall–Kier alpha value is -3.22. The molecule has 2 unspecified atom stereocenters. The predicted octanol–water partition coefficient (Wildman–Crippen LogP) is 2.26. The number of amides is 2. The average molecular weight is 370 g/mol. The van der Waals surface area contributed by atoms with E-state index in [1.807, 2.05) is 54.6 Å². The van der Waals surface area contributed by atoms with Crippen LogP contribution in [0.4, 0.5) is 4.79 Å². The van der Waals surface area contributed by atoms with E-state index in [0.29, 0.717) is 18.1 Å². The fourth-order valence-corrected chi connectivity index (χ4v) is 2.54. The molecule has 2 atom stereocenters. The molecule has 0 spiro atoms. The highest BCUT2D eigenvalue weighted by molar-refractivity contribution is 5.85. The van der Waals surface area contributed by atoms with Gasteiger partial charge in [-0.05, 0) is 24.6 Å². The van der Waals surface area contributed by atoms with E-state index in [9.17, 15) is 9.59 Å². The molecule has 7 nitrogen and oxygen atoms in total. The van der Waals surface area contributed by atoms with Crippen LogP contribution < -0.4 is 20.1 Å². The summed E-state index contributed by atoms with van der Waals surface area (Å²) >= 11 is 0. The van der Waals surface area contributed by atoms with Crippen molar-refractivity contribution in [3.63, 3.8) is 0 Å². The Balaban J connectivity index is 1.38. The van der Waals surface area contributed by atoms with E-state index in [0.717, 1.165) is 5.56 Å². The number of carbonyl (C=O) groups excluding carboxylic acids is 2. The zero-order valence-electron chi connectivity index (χ0n) is 15.0. The summed E-state index contributed by atoms with van der Waals surface area (Å²) in [7, 11) is 0. The Morgan fingerprint density at radius 3 is 2.59 bits per heavy atom. The van der Waals surface area contributed by atoms with E-state index >= 15 is 0 Å². The average Bonchev–Trinajstić information content (AvgIpc) is 2.71. The first-order valence-corrected chi connectivity index (χ1v) is 8.75. The number of alkyl carbamates (subject to hydrolysis) is 1. The van der Waals surface area contributed by atoms with Crippen LogP contribution in [-0.2, 0) is 16.1 Å². The molecule has 0 aromatic heterocycles. The molecule has 0 aliphatic carbocycles. The molecule has 1 aliphatic heterocycles. The van der Waals surface area contributed by atoms with Crippen molar-refractivity contribution >= 4 is 12.0 Å². The van der Waals surface area contributed by atoms with Crippen LogP contribution in [0.15, 0.2) is 54.6 Å². The predicted molar refractivity (Wildman–Crippen MR) is 98.6 cm³/mol. The van der Waals surface area contributed by atoms with Crippen LogP contribution >= 0.6 is 0 Å². The van der Waals surface area contributed by atoms with E-state index in [-0.39, 0.29) is 25.2 Å². The van der Waals surface area contributed by atoms with Crippen molar-refractivity contribution < 1.29 is 23.8 Å². The van der Waals surface area contributed by atoms with Crippen LogP contribution in [0.5, 0.6) is 11.5 Å². The lowest BCUT2D eigenvalue weighted by Crippen LogP contribution is -2.48. The zero-order chi connectivity index (χ0) is 19.1. The van der Waals surface area contributed by atoms with Gasteiger partial charge in [-0.2, -0.15) is 0 Å². The van der Waals surface area contributed by atoms with E-state index in [1.165, 1.54) is 0 Å². The third-order valence-corrected chi connectivity index (χ3v) is 4.01. The number of ether oxygens (including phenoxy) is 3. The molecule has 2 amide bonds. The third-order valence-electron chi connectivity index (χ3n) is 4.01. The third kappa shape index (κ3) is 5.37. The highest BCUT2D eigenvalue weighted by Gasteiger charge is 2.23. The number of para-hydroxylation sites is 2. The number of carbonyl (C=O) groups is 2. The van der Waals surface area contributed by atoms with Crippen LogP contribution in [-0.4, -0.2) is 37.3 Å². The Kier molecular flexibility index (Phi) is 6.14. The molecule has 2 aromatic rings. The van der Waals surface area contributed by atoms with Gasteiger partial charge in [0.15, 0.2) is 11.5 Å². The first-order valence-electron chi connectivity index (χ1n) is 8.75. The fraction of sp³-hybridized carbons (Fsp3) is 0.300. The first kappa shape index (κ1) is 18.6. The van der Waals surface area contributed by atoms with Crippen LogP contribution in [0, 0.1) is 0 Å². The maximum absolute atomic E-state index is 12.2. The number of rotatable bonds is 6. The summed E-state index contributed by atoms with van der Waals surface area (Å²) in [6.45, 7) is 2.36. The molecule has 7 heteroatoms. The molecule has 1 aliphatic rings. The number of nitrogens with one attached hydrogen (secondary N) is 2. The van der Waals surface area contributed by atoms with Crippen molar-refractivity contribution in [2.45, 2.75) is 25.7 Å². The molecule has 2 N–H and O–H groups in total. The lowest BCUT2D eigenvalue weighted by atomic mass is 10.2. The first-order chi connectivity index (χ1) is 13.1. The maximum atomic E-state index is 12.2. The largest absolute Gasteiger partial charge is 0.486 e. The maximum Gasteiger partial charge on any atom is 0.408 e. The number of hydrogen-bond acceptors (Lipinski definition) is 5. The molecule has 0 saturated heterocycles. The van der Waals surface area contributed by atoms with E-state index in [2.05, 4.69) is 10.6 Å². The Morgan fingerprint density at radius 1 is 1.11 bits per heavy atom. The van der Waals surface area contributed by atoms with Gasteiger partial charge in [0.1, 0.15) is 25.4 Å². The topological polar surface area (TPSA) is 85.9 Å². The standard InChI is InChI=1S/C20H22N2O5/c1-14(22-20(24)26-12-15-7-3-2-4-8-15)19(23)21-11-16-13-25-17-9-5-6-10-18(17)27-16/h2-10,14,16H,11-13H2,1H3,(H,21,23)(H,22,24).